The van der Waals surface area contributed by atoms with Crippen LogP contribution >= 0.6 is 0 Å². The van der Waals surface area contributed by atoms with Crippen molar-refractivity contribution in [3.05, 3.63) is 63.2 Å². The van der Waals surface area contributed by atoms with Gasteiger partial charge in [0.2, 0.25) is 0 Å². The minimum absolute atomic E-state index is 0.0366. The van der Waals surface area contributed by atoms with Crippen molar-refractivity contribution in [3.63, 3.8) is 0 Å². The fraction of sp³-hybridized carbons (Fsp3) is 0.514. The monoisotopic (exact) mass is 692 g/mol. The summed E-state index contributed by atoms with van der Waals surface area (Å²) in [4.78, 5) is 45.4. The average molecular weight is 693 g/mol. The number of hydrogen-bond acceptors (Lipinski definition) is 5. The van der Waals surface area contributed by atoms with Gasteiger partial charge in [0.15, 0.2) is 0 Å². The van der Waals surface area contributed by atoms with E-state index < -0.39 is 5.54 Å². The molecule has 43 heavy (non-hydrogen) atoms. The maximum absolute atomic E-state index is 13.8. The quantitative estimate of drug-likeness (QED) is 0.357. The second-order valence-electron chi connectivity index (χ2n) is 13.1. The minimum atomic E-state index is -0.541. The summed E-state index contributed by atoms with van der Waals surface area (Å²) in [5.74, 6) is 1.09. The molecule has 2 fully saturated rings. The molecule has 2 aromatic rings. The molecule has 1 saturated heterocycles. The van der Waals surface area contributed by atoms with E-state index in [4.69, 9.17) is 4.99 Å². The van der Waals surface area contributed by atoms with Crippen molar-refractivity contribution >= 4 is 35.3 Å². The number of rotatable bonds is 5. The zero-order valence-electron chi connectivity index (χ0n) is 25.6. The van der Waals surface area contributed by atoms with Crippen molar-refractivity contribution in [3.8, 4) is 0 Å². The number of fused-ring (bicyclic) bond motifs is 1. The Kier molecular flexibility index (Phi) is 9.12. The number of nitrogens with zero attached hydrogens (tertiary/aromatic N) is 5. The third-order valence-corrected chi connectivity index (χ3v) is 12.3. The number of halogens is 1. The molecule has 0 aromatic heterocycles. The normalized spacial score (nSPS) is 24.3. The van der Waals surface area contributed by atoms with E-state index in [1.165, 1.54) is 40.5 Å². The van der Waals surface area contributed by atoms with E-state index in [-0.39, 0.29) is 44.8 Å². The molecular weight excluding hydrogens is 649 g/mol. The van der Waals surface area contributed by atoms with Crippen LogP contribution in [0.25, 0.3) is 0 Å². The van der Waals surface area contributed by atoms with Gasteiger partial charge in [0.25, 0.3) is 0 Å². The van der Waals surface area contributed by atoms with Gasteiger partial charge in [-0.3, -0.25) is 0 Å². The van der Waals surface area contributed by atoms with Crippen LogP contribution in [0.5, 0.6) is 0 Å². The summed E-state index contributed by atoms with van der Waals surface area (Å²) in [7, 11) is 0. The summed E-state index contributed by atoms with van der Waals surface area (Å²) in [6.45, 7) is 8.39. The van der Waals surface area contributed by atoms with E-state index in [1.54, 1.807) is 0 Å². The second-order valence-corrected chi connectivity index (χ2v) is 17.0. The SMILES string of the molecule is CC1CC(CC2CCCC2)=Nc2ccc(C(=O)N3CCN(C(=O)C4=NCCC(c5ccccc5)C=N4)C(C)(C)C3)cc2[I-]1. The number of carbonyl (C=O) groups excluding carboxylic acids is 2. The number of aliphatic imine (C=N–C) groups is 3. The third kappa shape index (κ3) is 6.94. The molecule has 2 aromatic carbocycles. The number of carbonyl (C=O) groups is 2. The topological polar surface area (TPSA) is 77.7 Å². The molecule has 8 heteroatoms. The van der Waals surface area contributed by atoms with Gasteiger partial charge in [-0.15, -0.1) is 0 Å². The number of amides is 2. The zero-order valence-corrected chi connectivity index (χ0v) is 27.8. The second kappa shape index (κ2) is 13.0. The van der Waals surface area contributed by atoms with E-state index in [1.807, 2.05) is 54.1 Å². The maximum atomic E-state index is 13.8. The van der Waals surface area contributed by atoms with Gasteiger partial charge in [-0.2, -0.15) is 0 Å². The fourth-order valence-corrected chi connectivity index (χ4v) is 9.95. The average Bonchev–Trinajstić information content (AvgIpc) is 3.30. The Morgan fingerprint density at radius 3 is 2.56 bits per heavy atom. The van der Waals surface area contributed by atoms with E-state index >= 15 is 0 Å². The van der Waals surface area contributed by atoms with Gasteiger partial charge in [0.05, 0.1) is 0 Å². The molecule has 0 spiro atoms. The first kappa shape index (κ1) is 30.2. The van der Waals surface area contributed by atoms with E-state index in [9.17, 15) is 9.59 Å². The van der Waals surface area contributed by atoms with Crippen LogP contribution < -0.4 is 21.2 Å². The Labute approximate surface area is 266 Å². The number of piperazine rings is 1. The molecule has 228 valence electrons. The summed E-state index contributed by atoms with van der Waals surface area (Å²) < 4.78 is 1.90. The number of hydrogen-bond donors (Lipinski definition) is 0. The summed E-state index contributed by atoms with van der Waals surface area (Å²) >= 11 is -0.232. The molecule has 7 nitrogen and oxygen atoms in total. The van der Waals surface area contributed by atoms with E-state index in [0.29, 0.717) is 30.1 Å². The molecule has 0 bridgehead atoms. The summed E-state index contributed by atoms with van der Waals surface area (Å²) in [5.41, 5.74) is 3.82. The molecule has 2 unspecified atom stereocenters. The molecule has 1 aliphatic carbocycles. The first-order chi connectivity index (χ1) is 20.8. The van der Waals surface area contributed by atoms with Crippen LogP contribution in [0.3, 0.4) is 0 Å². The van der Waals surface area contributed by atoms with E-state index in [2.05, 4.69) is 41.2 Å². The molecule has 2 atom stereocenters. The summed E-state index contributed by atoms with van der Waals surface area (Å²) in [6.07, 6.45) is 10.3. The van der Waals surface area contributed by atoms with Crippen molar-refractivity contribution in [1.82, 2.24) is 9.80 Å². The van der Waals surface area contributed by atoms with Gasteiger partial charge in [0, 0.05) is 5.92 Å². The molecule has 0 N–H and O–H groups in total. The standard InChI is InChI=1S/C35H43IN5O2/c1-24-19-29(20-25-9-7-8-10-25)39-31-14-13-27(21-30(31)36-24)33(42)40-17-18-41(35(2,3)23-40)34(43)32-37-16-15-28(22-38-32)26-11-5-4-6-12-26/h4-6,11-14,21-22,24-25,28H,7-10,15-20,23H2,1-3H3/q-1. The van der Waals surface area contributed by atoms with Gasteiger partial charge in [-0.05, 0) is 12.0 Å². The number of benzene rings is 2. The Balaban J connectivity index is 1.12. The fourth-order valence-electron chi connectivity index (χ4n) is 6.94. The molecule has 2 amide bonds. The first-order valence-electron chi connectivity index (χ1n) is 15.9. The predicted molar refractivity (Wildman–Crippen MR) is 169 cm³/mol. The molecule has 3 aliphatic heterocycles. The molecule has 3 heterocycles. The van der Waals surface area contributed by atoms with Crippen LogP contribution in [0.2, 0.25) is 0 Å². The third-order valence-electron chi connectivity index (χ3n) is 9.22. The van der Waals surface area contributed by atoms with Gasteiger partial charge >= 0.3 is 219 Å². The van der Waals surface area contributed by atoms with Crippen molar-refractivity contribution in [2.45, 2.75) is 81.1 Å². The number of alkyl halides is 1. The Bertz CT molecular complexity index is 1440. The Morgan fingerprint density at radius 2 is 1.79 bits per heavy atom. The van der Waals surface area contributed by atoms with Gasteiger partial charge < -0.3 is 0 Å². The molecule has 4 aliphatic rings. The van der Waals surface area contributed by atoms with Crippen LogP contribution in [0, 0.1) is 9.49 Å². The first-order valence-corrected chi connectivity index (χ1v) is 18.2. The van der Waals surface area contributed by atoms with Crippen molar-refractivity contribution in [2.75, 3.05) is 26.2 Å². The van der Waals surface area contributed by atoms with Crippen LogP contribution in [0.4, 0.5) is 5.69 Å². The van der Waals surface area contributed by atoms with Crippen LogP contribution in [0.1, 0.15) is 87.6 Å². The Morgan fingerprint density at radius 1 is 1.00 bits per heavy atom. The Hall–Kier alpha value is -2.88. The summed E-state index contributed by atoms with van der Waals surface area (Å²) in [5, 5.41) is 0. The van der Waals surface area contributed by atoms with Crippen LogP contribution in [-0.2, 0) is 4.79 Å². The van der Waals surface area contributed by atoms with Gasteiger partial charge in [-0.1, -0.05) is 30.3 Å². The molecular formula is C35H43IN5O2-. The molecule has 0 radical (unpaired) electrons. The van der Waals surface area contributed by atoms with Crippen molar-refractivity contribution < 1.29 is 30.8 Å². The van der Waals surface area contributed by atoms with Gasteiger partial charge in [-0.25, -0.2) is 0 Å². The van der Waals surface area contributed by atoms with Crippen LogP contribution in [-0.4, -0.2) is 75.0 Å². The molecule has 1 saturated carbocycles. The molecule has 6 rings (SSSR count). The van der Waals surface area contributed by atoms with E-state index in [0.717, 1.165) is 36.4 Å². The van der Waals surface area contributed by atoms with Gasteiger partial charge in [0.1, 0.15) is 0 Å². The summed E-state index contributed by atoms with van der Waals surface area (Å²) in [6, 6.07) is 16.4. The van der Waals surface area contributed by atoms with Crippen LogP contribution in [0.15, 0.2) is 63.5 Å². The van der Waals surface area contributed by atoms with Crippen molar-refractivity contribution in [1.29, 1.82) is 0 Å². The zero-order chi connectivity index (χ0) is 30.0. The van der Waals surface area contributed by atoms with Crippen molar-refractivity contribution in [2.24, 2.45) is 20.9 Å². The predicted octanol–water partition coefficient (Wildman–Crippen LogP) is 3.11. The number of amidine groups is 1.